The molecule has 1 N–H and O–H groups in total. The minimum Gasteiger partial charge on any atom is -0.444 e. The van der Waals surface area contributed by atoms with E-state index in [9.17, 15) is 15.3 Å². The lowest BCUT2D eigenvalue weighted by Gasteiger charge is -2.41. The van der Waals surface area contributed by atoms with Gasteiger partial charge in [-0.05, 0) is 57.9 Å². The summed E-state index contributed by atoms with van der Waals surface area (Å²) in [5.41, 5.74) is 3.59. The SMILES string of the molecule is CC(C)(C)OC(=O)N1C2CCC1CN(c1nnc(-c3cnc(-c4ccc5cc(C#N)cnn45)cc3NCC#N)s1)C2. The van der Waals surface area contributed by atoms with Crippen LogP contribution in [-0.2, 0) is 4.74 Å². The van der Waals surface area contributed by atoms with Gasteiger partial charge in [0.25, 0.3) is 0 Å². The van der Waals surface area contributed by atoms with Gasteiger partial charge in [-0.1, -0.05) is 11.3 Å². The topological polar surface area (TPSA) is 148 Å². The summed E-state index contributed by atoms with van der Waals surface area (Å²) in [5.74, 6) is 0. The third-order valence-electron chi connectivity index (χ3n) is 7.16. The van der Waals surface area contributed by atoms with E-state index in [0.29, 0.717) is 35.0 Å². The maximum Gasteiger partial charge on any atom is 0.410 e. The Kier molecular flexibility index (Phi) is 6.67. The molecule has 6 rings (SSSR count). The molecule has 208 valence electrons. The van der Waals surface area contributed by atoms with Crippen LogP contribution in [0.3, 0.4) is 0 Å². The average Bonchev–Trinajstić information content (AvgIpc) is 3.66. The standard InChI is InChI=1S/C28H28N10O2S/c1-28(2,3)40-27(39)37-19-4-5-20(37)16-36(15-19)26-35-34-25(41-26)21-14-32-23(11-22(21)31-9-8-29)24-7-6-18-10-17(12-30)13-33-38(18)24/h6-7,10-11,13-14,19-20H,4-5,9,15-16H2,1-3H3,(H,31,32). The van der Waals surface area contributed by atoms with Gasteiger partial charge in [-0.25, -0.2) is 9.31 Å². The monoisotopic (exact) mass is 568 g/mol. The number of carbonyl (C=O) groups excluding carboxylic acids is 1. The zero-order valence-electron chi connectivity index (χ0n) is 22.9. The number of amides is 1. The average molecular weight is 569 g/mol. The molecule has 2 atom stereocenters. The molecule has 2 bridgehead atoms. The van der Waals surface area contributed by atoms with Gasteiger partial charge < -0.3 is 15.0 Å². The van der Waals surface area contributed by atoms with Crippen molar-refractivity contribution in [3.05, 3.63) is 42.2 Å². The Labute approximate surface area is 240 Å². The highest BCUT2D eigenvalue weighted by atomic mass is 32.1. The molecule has 4 aromatic rings. The van der Waals surface area contributed by atoms with E-state index in [2.05, 4.69) is 37.7 Å². The van der Waals surface area contributed by atoms with Crippen LogP contribution in [-0.4, -0.2) is 73.1 Å². The minimum atomic E-state index is -0.533. The van der Waals surface area contributed by atoms with Gasteiger partial charge in [0.05, 0.1) is 52.4 Å². The predicted octanol–water partition coefficient (Wildman–Crippen LogP) is 4.31. The lowest BCUT2D eigenvalue weighted by molar-refractivity contribution is 0.0123. The molecule has 2 unspecified atom stereocenters. The fourth-order valence-corrected chi connectivity index (χ4v) is 6.31. The molecule has 13 heteroatoms. The fraction of sp³-hybridized carbons (Fsp3) is 0.393. The second-order valence-electron chi connectivity index (χ2n) is 11.1. The summed E-state index contributed by atoms with van der Waals surface area (Å²) < 4.78 is 7.39. The number of anilines is 2. The second-order valence-corrected chi connectivity index (χ2v) is 12.1. The summed E-state index contributed by atoms with van der Waals surface area (Å²) in [4.78, 5) is 21.6. The lowest BCUT2D eigenvalue weighted by Crippen LogP contribution is -2.56. The Balaban J connectivity index is 1.25. The van der Waals surface area contributed by atoms with E-state index < -0.39 is 5.60 Å². The van der Waals surface area contributed by atoms with Crippen molar-refractivity contribution in [3.8, 4) is 34.1 Å². The van der Waals surface area contributed by atoms with E-state index in [4.69, 9.17) is 9.72 Å². The van der Waals surface area contributed by atoms with Gasteiger partial charge in [0.1, 0.15) is 18.2 Å². The first-order valence-electron chi connectivity index (χ1n) is 13.3. The van der Waals surface area contributed by atoms with Crippen molar-refractivity contribution in [1.29, 1.82) is 10.5 Å². The largest absolute Gasteiger partial charge is 0.444 e. The van der Waals surface area contributed by atoms with Crippen molar-refractivity contribution in [1.82, 2.24) is 29.7 Å². The number of nitriles is 2. The van der Waals surface area contributed by atoms with Crippen LogP contribution in [0, 0.1) is 22.7 Å². The van der Waals surface area contributed by atoms with E-state index in [1.807, 2.05) is 43.9 Å². The quantitative estimate of drug-likeness (QED) is 0.345. The van der Waals surface area contributed by atoms with Crippen LogP contribution in [0.1, 0.15) is 39.2 Å². The highest BCUT2D eigenvalue weighted by Gasteiger charge is 2.45. The van der Waals surface area contributed by atoms with Crippen LogP contribution in [0.25, 0.3) is 27.5 Å². The molecule has 4 aromatic heterocycles. The number of pyridine rings is 1. The van der Waals surface area contributed by atoms with Gasteiger partial charge in [-0.15, -0.1) is 10.2 Å². The van der Waals surface area contributed by atoms with Crippen molar-refractivity contribution >= 4 is 33.8 Å². The molecular weight excluding hydrogens is 540 g/mol. The number of hydrogen-bond donors (Lipinski definition) is 1. The summed E-state index contributed by atoms with van der Waals surface area (Å²) in [6.07, 6.45) is 4.86. The maximum atomic E-state index is 12.8. The first-order chi connectivity index (χ1) is 19.7. The van der Waals surface area contributed by atoms with E-state index in [1.165, 1.54) is 17.5 Å². The van der Waals surface area contributed by atoms with Crippen molar-refractivity contribution in [2.75, 3.05) is 29.9 Å². The number of aromatic nitrogens is 5. The van der Waals surface area contributed by atoms with Crippen LogP contribution in [0.4, 0.5) is 15.6 Å². The Hall–Kier alpha value is -4.75. The zero-order valence-corrected chi connectivity index (χ0v) is 23.7. The number of hydrogen-bond acceptors (Lipinski definition) is 11. The van der Waals surface area contributed by atoms with Gasteiger partial charge in [0.2, 0.25) is 5.13 Å². The van der Waals surface area contributed by atoms with Gasteiger partial charge in [0, 0.05) is 25.0 Å². The van der Waals surface area contributed by atoms with Gasteiger partial charge >= 0.3 is 6.09 Å². The summed E-state index contributed by atoms with van der Waals surface area (Å²) in [6.45, 7) is 7.10. The Morgan fingerprint density at radius 3 is 2.63 bits per heavy atom. The second kappa shape index (κ2) is 10.3. The molecule has 0 saturated carbocycles. The molecule has 0 radical (unpaired) electrons. The third-order valence-corrected chi connectivity index (χ3v) is 8.17. The fourth-order valence-electron chi connectivity index (χ4n) is 5.43. The van der Waals surface area contributed by atoms with E-state index in [-0.39, 0.29) is 24.7 Å². The van der Waals surface area contributed by atoms with Crippen LogP contribution in [0.15, 0.2) is 36.7 Å². The van der Waals surface area contributed by atoms with Crippen molar-refractivity contribution in [2.45, 2.75) is 51.3 Å². The van der Waals surface area contributed by atoms with Gasteiger partial charge in [0.15, 0.2) is 5.01 Å². The first-order valence-corrected chi connectivity index (χ1v) is 14.1. The zero-order chi connectivity index (χ0) is 28.7. The summed E-state index contributed by atoms with van der Waals surface area (Å²) >= 11 is 1.46. The molecule has 0 aromatic carbocycles. The first kappa shape index (κ1) is 26.5. The van der Waals surface area contributed by atoms with Crippen molar-refractivity contribution < 1.29 is 9.53 Å². The highest BCUT2D eigenvalue weighted by molar-refractivity contribution is 7.18. The lowest BCUT2D eigenvalue weighted by atomic mass is 10.2. The smallest absolute Gasteiger partial charge is 0.410 e. The Bertz CT molecular complexity index is 1700. The highest BCUT2D eigenvalue weighted by Crippen LogP contribution is 2.38. The third kappa shape index (κ3) is 5.12. The van der Waals surface area contributed by atoms with E-state index in [1.54, 1.807) is 16.8 Å². The van der Waals surface area contributed by atoms with Gasteiger partial charge in [-0.2, -0.15) is 15.6 Å². The molecule has 1 amide bonds. The van der Waals surface area contributed by atoms with E-state index >= 15 is 0 Å². The van der Waals surface area contributed by atoms with Crippen molar-refractivity contribution in [2.24, 2.45) is 0 Å². The number of ether oxygens (including phenoxy) is 1. The van der Waals surface area contributed by atoms with Crippen molar-refractivity contribution in [3.63, 3.8) is 0 Å². The molecule has 2 fully saturated rings. The number of nitrogens with one attached hydrogen (secondary N) is 1. The molecule has 2 aliphatic heterocycles. The summed E-state index contributed by atoms with van der Waals surface area (Å²) in [6, 6.07) is 11.8. The molecule has 0 spiro atoms. The molecule has 6 heterocycles. The summed E-state index contributed by atoms with van der Waals surface area (Å²) in [7, 11) is 0. The van der Waals surface area contributed by atoms with Crippen LogP contribution in [0.2, 0.25) is 0 Å². The van der Waals surface area contributed by atoms with Crippen LogP contribution >= 0.6 is 11.3 Å². The number of rotatable bonds is 5. The predicted molar refractivity (Wildman–Crippen MR) is 153 cm³/mol. The number of carbonyl (C=O) groups is 1. The number of piperazine rings is 1. The van der Waals surface area contributed by atoms with E-state index in [0.717, 1.165) is 34.7 Å². The molecule has 0 aliphatic carbocycles. The Morgan fingerprint density at radius 1 is 1.15 bits per heavy atom. The van der Waals surface area contributed by atoms with Crippen LogP contribution in [0.5, 0.6) is 0 Å². The molecular formula is C28H28N10O2S. The molecule has 2 aliphatic rings. The minimum absolute atomic E-state index is 0.0690. The van der Waals surface area contributed by atoms with Gasteiger partial charge in [-0.3, -0.25) is 9.88 Å². The molecule has 12 nitrogen and oxygen atoms in total. The number of nitrogens with zero attached hydrogens (tertiary/aromatic N) is 9. The summed E-state index contributed by atoms with van der Waals surface area (Å²) in [5, 5.41) is 36.4. The molecule has 41 heavy (non-hydrogen) atoms. The maximum absolute atomic E-state index is 12.8. The molecule has 2 saturated heterocycles. The Morgan fingerprint density at radius 2 is 1.93 bits per heavy atom. The van der Waals surface area contributed by atoms with Crippen LogP contribution < -0.4 is 10.2 Å². The normalized spacial score (nSPS) is 18.3. The number of fused-ring (bicyclic) bond motifs is 3.